The number of piperidine rings is 1. The van der Waals surface area contributed by atoms with Crippen LogP contribution in [0.1, 0.15) is 30.0 Å². The molecule has 2 atom stereocenters. The van der Waals surface area contributed by atoms with Crippen LogP contribution >= 0.6 is 0 Å². The molecule has 0 saturated carbocycles. The summed E-state index contributed by atoms with van der Waals surface area (Å²) in [6.45, 7) is 2.28. The fraction of sp³-hybridized carbons (Fsp3) is 0.316. The molecule has 1 saturated heterocycles. The van der Waals surface area contributed by atoms with E-state index < -0.39 is 27.9 Å². The third-order valence-electron chi connectivity index (χ3n) is 4.72. The van der Waals surface area contributed by atoms with Gasteiger partial charge in [-0.3, -0.25) is 4.79 Å². The molecule has 0 unspecified atom stereocenters. The van der Waals surface area contributed by atoms with Gasteiger partial charge in [-0.15, -0.1) is 0 Å². The van der Waals surface area contributed by atoms with E-state index in [0.29, 0.717) is 19.4 Å². The Bertz CT molecular complexity index is 848. The van der Waals surface area contributed by atoms with E-state index in [4.69, 9.17) is 5.73 Å². The van der Waals surface area contributed by atoms with E-state index >= 15 is 0 Å². The molecule has 2 N–H and O–H groups in total. The third-order valence-corrected chi connectivity index (χ3v) is 6.61. The maximum absolute atomic E-state index is 13.2. The van der Waals surface area contributed by atoms with Crippen molar-refractivity contribution in [3.8, 4) is 0 Å². The van der Waals surface area contributed by atoms with Gasteiger partial charge in [0.2, 0.25) is 15.9 Å². The van der Waals surface area contributed by atoms with Crippen molar-refractivity contribution < 1.29 is 13.2 Å². The van der Waals surface area contributed by atoms with Gasteiger partial charge in [0.1, 0.15) is 0 Å². The van der Waals surface area contributed by atoms with Gasteiger partial charge in [0, 0.05) is 6.54 Å². The molecule has 5 nitrogen and oxygen atoms in total. The SMILES string of the molecule is Cc1ccc(S(=O)(=O)N2CCC[C@@H](C(N)=O)[C@H]2c2ccccc2)cc1. The lowest BCUT2D eigenvalue weighted by Gasteiger charge is -2.39. The Morgan fingerprint density at radius 3 is 2.32 bits per heavy atom. The van der Waals surface area contributed by atoms with E-state index in [1.165, 1.54) is 4.31 Å². The van der Waals surface area contributed by atoms with E-state index in [-0.39, 0.29) is 4.90 Å². The lowest BCUT2D eigenvalue weighted by molar-refractivity contribution is -0.124. The molecule has 6 heteroatoms. The summed E-state index contributed by atoms with van der Waals surface area (Å²) in [5, 5.41) is 0. The highest BCUT2D eigenvalue weighted by molar-refractivity contribution is 7.89. The van der Waals surface area contributed by atoms with Gasteiger partial charge in [-0.2, -0.15) is 4.31 Å². The number of carbonyl (C=O) groups excluding carboxylic acids is 1. The van der Waals surface area contributed by atoms with Gasteiger partial charge in [0.05, 0.1) is 16.9 Å². The van der Waals surface area contributed by atoms with Crippen LogP contribution in [0.4, 0.5) is 0 Å². The Balaban J connectivity index is 2.08. The molecule has 2 aromatic rings. The first-order chi connectivity index (χ1) is 11.9. The Kier molecular flexibility index (Phi) is 4.92. The quantitative estimate of drug-likeness (QED) is 0.912. The predicted octanol–water partition coefficient (Wildman–Crippen LogP) is 2.62. The van der Waals surface area contributed by atoms with Crippen molar-refractivity contribution in [2.24, 2.45) is 11.7 Å². The largest absolute Gasteiger partial charge is 0.369 e. The number of nitrogens with zero attached hydrogens (tertiary/aromatic N) is 1. The van der Waals surface area contributed by atoms with E-state index in [2.05, 4.69) is 0 Å². The smallest absolute Gasteiger partial charge is 0.243 e. The molecule has 132 valence electrons. The van der Waals surface area contributed by atoms with Gasteiger partial charge in [-0.1, -0.05) is 48.0 Å². The summed E-state index contributed by atoms with van der Waals surface area (Å²) in [4.78, 5) is 12.2. The normalized spacial score (nSPS) is 21.8. The fourth-order valence-corrected chi connectivity index (χ4v) is 5.11. The van der Waals surface area contributed by atoms with Gasteiger partial charge < -0.3 is 5.73 Å². The molecule has 1 aliphatic rings. The van der Waals surface area contributed by atoms with Crippen LogP contribution in [0.25, 0.3) is 0 Å². The number of nitrogens with two attached hydrogens (primary N) is 1. The molecular weight excluding hydrogens is 336 g/mol. The highest BCUT2D eigenvalue weighted by atomic mass is 32.2. The van der Waals surface area contributed by atoms with Crippen LogP contribution in [-0.4, -0.2) is 25.2 Å². The second-order valence-electron chi connectivity index (χ2n) is 6.44. The number of amides is 1. The molecule has 0 bridgehead atoms. The highest BCUT2D eigenvalue weighted by Gasteiger charge is 2.42. The van der Waals surface area contributed by atoms with E-state index in [1.54, 1.807) is 24.3 Å². The zero-order valence-electron chi connectivity index (χ0n) is 14.1. The number of hydrogen-bond acceptors (Lipinski definition) is 3. The lowest BCUT2D eigenvalue weighted by atomic mass is 9.86. The summed E-state index contributed by atoms with van der Waals surface area (Å²) in [5.74, 6) is -0.992. The number of hydrogen-bond donors (Lipinski definition) is 1. The second kappa shape index (κ2) is 6.98. The number of primary amides is 1. The summed E-state index contributed by atoms with van der Waals surface area (Å²) in [6.07, 6.45) is 1.21. The maximum Gasteiger partial charge on any atom is 0.243 e. The average molecular weight is 358 g/mol. The van der Waals surface area contributed by atoms with Crippen LogP contribution in [0.5, 0.6) is 0 Å². The van der Waals surface area contributed by atoms with Gasteiger partial charge in [-0.05, 0) is 37.5 Å². The minimum Gasteiger partial charge on any atom is -0.369 e. The highest BCUT2D eigenvalue weighted by Crippen LogP contribution is 2.39. The Morgan fingerprint density at radius 2 is 1.72 bits per heavy atom. The van der Waals surface area contributed by atoms with Crippen LogP contribution in [0.2, 0.25) is 0 Å². The van der Waals surface area contributed by atoms with Crippen LogP contribution in [0, 0.1) is 12.8 Å². The van der Waals surface area contributed by atoms with E-state index in [9.17, 15) is 13.2 Å². The van der Waals surface area contributed by atoms with Gasteiger partial charge in [-0.25, -0.2) is 8.42 Å². The molecule has 0 radical (unpaired) electrons. The first-order valence-electron chi connectivity index (χ1n) is 8.34. The number of carbonyl (C=O) groups is 1. The summed E-state index contributed by atoms with van der Waals surface area (Å²) in [6, 6.07) is 15.5. The van der Waals surface area contributed by atoms with E-state index in [0.717, 1.165) is 11.1 Å². The minimum absolute atomic E-state index is 0.240. The Morgan fingerprint density at radius 1 is 1.08 bits per heavy atom. The molecule has 1 fully saturated rings. The molecule has 0 aliphatic carbocycles. The van der Waals surface area contributed by atoms with Crippen molar-refractivity contribution in [3.05, 3.63) is 65.7 Å². The standard InChI is InChI=1S/C19H22N2O3S/c1-14-9-11-16(12-10-14)25(23,24)21-13-5-8-17(19(20)22)18(21)15-6-3-2-4-7-15/h2-4,6-7,9-12,17-18H,5,8,13H2,1H3,(H2,20,22)/t17-,18-/m1/s1. The summed E-state index contributed by atoms with van der Waals surface area (Å²) < 4.78 is 27.9. The zero-order chi connectivity index (χ0) is 18.0. The lowest BCUT2D eigenvalue weighted by Crippen LogP contribution is -2.46. The summed E-state index contributed by atoms with van der Waals surface area (Å²) >= 11 is 0. The molecule has 1 heterocycles. The number of aryl methyl sites for hydroxylation is 1. The summed E-state index contributed by atoms with van der Waals surface area (Å²) in [7, 11) is -3.72. The van der Waals surface area contributed by atoms with Crippen molar-refractivity contribution in [3.63, 3.8) is 0 Å². The number of rotatable bonds is 4. The van der Waals surface area contributed by atoms with Crippen LogP contribution < -0.4 is 5.73 Å². The van der Waals surface area contributed by atoms with Crippen molar-refractivity contribution in [1.29, 1.82) is 0 Å². The maximum atomic E-state index is 13.2. The molecule has 3 rings (SSSR count). The zero-order valence-corrected chi connectivity index (χ0v) is 14.9. The molecule has 25 heavy (non-hydrogen) atoms. The van der Waals surface area contributed by atoms with Gasteiger partial charge >= 0.3 is 0 Å². The molecule has 2 aromatic carbocycles. The van der Waals surface area contributed by atoms with Gasteiger partial charge in [0.15, 0.2) is 0 Å². The first-order valence-corrected chi connectivity index (χ1v) is 9.78. The first kappa shape index (κ1) is 17.6. The molecule has 0 spiro atoms. The minimum atomic E-state index is -3.72. The van der Waals surface area contributed by atoms with Crippen LogP contribution in [-0.2, 0) is 14.8 Å². The number of benzene rings is 2. The average Bonchev–Trinajstić information content (AvgIpc) is 2.62. The van der Waals surface area contributed by atoms with Gasteiger partial charge in [0.25, 0.3) is 0 Å². The molecule has 0 aromatic heterocycles. The number of sulfonamides is 1. The van der Waals surface area contributed by atoms with E-state index in [1.807, 2.05) is 37.3 Å². The topological polar surface area (TPSA) is 80.5 Å². The van der Waals surface area contributed by atoms with Crippen molar-refractivity contribution in [2.45, 2.75) is 30.7 Å². The predicted molar refractivity (Wildman–Crippen MR) is 96.2 cm³/mol. The monoisotopic (exact) mass is 358 g/mol. The Labute approximate surface area is 148 Å². The molecule has 1 aliphatic heterocycles. The second-order valence-corrected chi connectivity index (χ2v) is 8.33. The Hall–Kier alpha value is -2.18. The van der Waals surface area contributed by atoms with Crippen molar-refractivity contribution in [2.75, 3.05) is 6.54 Å². The van der Waals surface area contributed by atoms with Crippen molar-refractivity contribution in [1.82, 2.24) is 4.31 Å². The van der Waals surface area contributed by atoms with Crippen LogP contribution in [0.15, 0.2) is 59.5 Å². The molecular formula is C19H22N2O3S. The van der Waals surface area contributed by atoms with Crippen LogP contribution in [0.3, 0.4) is 0 Å². The summed E-state index contributed by atoms with van der Waals surface area (Å²) in [5.41, 5.74) is 7.38. The third kappa shape index (κ3) is 3.45. The van der Waals surface area contributed by atoms with Crippen molar-refractivity contribution >= 4 is 15.9 Å². The fourth-order valence-electron chi connectivity index (χ4n) is 3.43. The molecule has 1 amide bonds.